The first kappa shape index (κ1) is 23.3. The van der Waals surface area contributed by atoms with Gasteiger partial charge in [-0.25, -0.2) is 4.98 Å². The van der Waals surface area contributed by atoms with Crippen LogP contribution in [0.25, 0.3) is 0 Å². The van der Waals surface area contributed by atoms with Gasteiger partial charge >= 0.3 is 0 Å². The van der Waals surface area contributed by atoms with Gasteiger partial charge in [0.05, 0.1) is 0 Å². The van der Waals surface area contributed by atoms with E-state index < -0.39 is 0 Å². The van der Waals surface area contributed by atoms with E-state index in [4.69, 9.17) is 16.9 Å². The maximum atomic E-state index is 12.3. The zero-order chi connectivity index (χ0) is 22.5. The van der Waals surface area contributed by atoms with Gasteiger partial charge in [0, 0.05) is 25.0 Å². The van der Waals surface area contributed by atoms with E-state index in [0.717, 1.165) is 63.1 Å². The normalized spacial score (nSPS) is 18.6. The van der Waals surface area contributed by atoms with Gasteiger partial charge in [0.2, 0.25) is 0 Å². The minimum absolute atomic E-state index is 0.100. The molecule has 0 aliphatic heterocycles. The summed E-state index contributed by atoms with van der Waals surface area (Å²) in [6.45, 7) is 9.36. The molecule has 1 atom stereocenters. The van der Waals surface area contributed by atoms with Crippen LogP contribution in [-0.2, 0) is 17.8 Å². The fourth-order valence-electron chi connectivity index (χ4n) is 4.65. The fourth-order valence-corrected chi connectivity index (χ4v) is 4.65. The summed E-state index contributed by atoms with van der Waals surface area (Å²) in [6.07, 6.45) is 8.34. The zero-order valence-corrected chi connectivity index (χ0v) is 19.3. The molecular weight excluding hydrogens is 388 g/mol. The number of imidazole rings is 1. The molecule has 1 aromatic heterocycles. The number of nitrogens with one attached hydrogen (secondary N) is 2. The van der Waals surface area contributed by atoms with Crippen molar-refractivity contribution in [1.29, 1.82) is 5.41 Å². The van der Waals surface area contributed by atoms with Crippen LogP contribution in [-0.4, -0.2) is 34.3 Å². The number of Topliss-reactive ketones (excluding diaryl/α,β-unsaturated/α-hetero) is 1. The summed E-state index contributed by atoms with van der Waals surface area (Å²) >= 11 is 0. The van der Waals surface area contributed by atoms with Crippen molar-refractivity contribution in [3.8, 4) is 0 Å². The number of amidine groups is 1. The van der Waals surface area contributed by atoms with E-state index in [1.807, 2.05) is 4.57 Å². The number of nitrogen functional groups attached to an aromatic ring is 2. The lowest BCUT2D eigenvalue weighted by molar-refractivity contribution is -0.114. The molecule has 0 spiro atoms. The number of ketones is 1. The van der Waals surface area contributed by atoms with E-state index in [-0.39, 0.29) is 11.6 Å². The number of rotatable bonds is 11. The van der Waals surface area contributed by atoms with Crippen molar-refractivity contribution in [3.05, 3.63) is 34.3 Å². The Morgan fingerprint density at radius 1 is 1.35 bits per heavy atom. The second-order valence-electron chi connectivity index (χ2n) is 9.28. The Bertz CT molecular complexity index is 892. The monoisotopic (exact) mass is 426 g/mol. The molecule has 0 fully saturated rings. The van der Waals surface area contributed by atoms with Gasteiger partial charge in [-0.2, -0.15) is 0 Å². The van der Waals surface area contributed by atoms with Crippen LogP contribution < -0.4 is 16.8 Å². The maximum Gasteiger partial charge on any atom is 0.163 e. The highest BCUT2D eigenvalue weighted by molar-refractivity contribution is 6.01. The second kappa shape index (κ2) is 10.3. The minimum atomic E-state index is -0.100. The van der Waals surface area contributed by atoms with Gasteiger partial charge in [-0.3, -0.25) is 10.2 Å². The predicted molar refractivity (Wildman–Crippen MR) is 126 cm³/mol. The van der Waals surface area contributed by atoms with Crippen molar-refractivity contribution in [1.82, 2.24) is 14.9 Å². The van der Waals surface area contributed by atoms with Crippen LogP contribution in [0.3, 0.4) is 0 Å². The largest absolute Gasteiger partial charge is 0.383 e. The van der Waals surface area contributed by atoms with Crippen molar-refractivity contribution in [2.45, 2.75) is 72.3 Å². The molecule has 170 valence electrons. The lowest BCUT2D eigenvalue weighted by Crippen LogP contribution is -2.21. The van der Waals surface area contributed by atoms with Crippen LogP contribution in [0.5, 0.6) is 0 Å². The molecule has 31 heavy (non-hydrogen) atoms. The summed E-state index contributed by atoms with van der Waals surface area (Å²) in [5.41, 5.74) is 16.0. The Balaban J connectivity index is 1.76. The van der Waals surface area contributed by atoms with Crippen LogP contribution in [0.15, 0.2) is 22.8 Å². The van der Waals surface area contributed by atoms with Crippen LogP contribution in [0, 0.1) is 17.2 Å². The van der Waals surface area contributed by atoms with E-state index in [1.54, 1.807) is 0 Å². The number of nitrogens with zero attached hydrogens (tertiary/aromatic N) is 2. The standard InChI is InChI=1S/C24H38N6O/c1-4-16-11-17-7-8-20(31)19(17)12-18(16)13-21-29-22(23(25)26)24(27)30(21)10-6-5-9-28-14-15(2)3/h12,15-16,28H,4-11,13-14,27H2,1-3H3,(H3,25,26). The Morgan fingerprint density at radius 2 is 2.13 bits per heavy atom. The first-order valence-corrected chi connectivity index (χ1v) is 11.7. The third kappa shape index (κ3) is 5.45. The number of allylic oxidation sites excluding steroid dienone is 4. The number of carbonyl (C=O) groups is 1. The first-order valence-electron chi connectivity index (χ1n) is 11.7. The zero-order valence-electron chi connectivity index (χ0n) is 19.3. The third-order valence-corrected chi connectivity index (χ3v) is 6.42. The van der Waals surface area contributed by atoms with Crippen LogP contribution in [0.4, 0.5) is 5.82 Å². The van der Waals surface area contributed by atoms with Crippen LogP contribution in [0.1, 0.15) is 70.8 Å². The molecule has 2 aliphatic carbocycles. The number of nitrogens with two attached hydrogens (primary N) is 2. The Kier molecular flexibility index (Phi) is 7.70. The van der Waals surface area contributed by atoms with Crippen LogP contribution in [0.2, 0.25) is 0 Å². The van der Waals surface area contributed by atoms with E-state index in [0.29, 0.717) is 36.2 Å². The van der Waals surface area contributed by atoms with Crippen molar-refractivity contribution in [2.24, 2.45) is 17.6 Å². The number of carbonyl (C=O) groups excluding carboxylic acids is 1. The number of unbranched alkanes of at least 4 members (excludes halogenated alkanes) is 1. The molecule has 0 saturated heterocycles. The fraction of sp³-hybridized carbons (Fsp3) is 0.625. The van der Waals surface area contributed by atoms with E-state index in [9.17, 15) is 4.79 Å². The summed E-state index contributed by atoms with van der Waals surface area (Å²) in [5.74, 6) is 2.56. The van der Waals surface area contributed by atoms with Gasteiger partial charge < -0.3 is 21.4 Å². The maximum absolute atomic E-state index is 12.3. The van der Waals surface area contributed by atoms with E-state index in [2.05, 4.69) is 37.1 Å². The molecule has 6 N–H and O–H groups in total. The van der Waals surface area contributed by atoms with Gasteiger partial charge in [-0.15, -0.1) is 0 Å². The van der Waals surface area contributed by atoms with Gasteiger partial charge in [0.25, 0.3) is 0 Å². The molecule has 0 radical (unpaired) electrons. The van der Waals surface area contributed by atoms with E-state index in [1.165, 1.54) is 11.1 Å². The molecule has 1 unspecified atom stereocenters. The molecule has 0 saturated carbocycles. The summed E-state index contributed by atoms with van der Waals surface area (Å²) < 4.78 is 2.02. The summed E-state index contributed by atoms with van der Waals surface area (Å²) in [5, 5.41) is 11.3. The molecule has 2 aliphatic rings. The van der Waals surface area contributed by atoms with Gasteiger partial charge in [0.1, 0.15) is 23.2 Å². The highest BCUT2D eigenvalue weighted by atomic mass is 16.1. The average Bonchev–Trinajstić information content (AvgIpc) is 3.24. The topological polar surface area (TPSA) is 123 Å². The Morgan fingerprint density at radius 3 is 2.81 bits per heavy atom. The molecule has 7 nitrogen and oxygen atoms in total. The number of hydrogen-bond donors (Lipinski definition) is 4. The van der Waals surface area contributed by atoms with Crippen molar-refractivity contribution in [3.63, 3.8) is 0 Å². The quantitative estimate of drug-likeness (QED) is 0.245. The highest BCUT2D eigenvalue weighted by Crippen LogP contribution is 2.39. The van der Waals surface area contributed by atoms with Crippen molar-refractivity contribution < 1.29 is 4.79 Å². The molecule has 3 rings (SSSR count). The SMILES string of the molecule is CCC1CC2=C(C=C1Cc1nc(C(=N)N)c(N)n1CCCCNCC(C)C)C(=O)CC2. The highest BCUT2D eigenvalue weighted by Gasteiger charge is 2.30. The van der Waals surface area contributed by atoms with Gasteiger partial charge in [-0.05, 0) is 57.0 Å². The van der Waals surface area contributed by atoms with E-state index >= 15 is 0 Å². The molecule has 1 aromatic rings. The molecular formula is C24H38N6O. The van der Waals surface area contributed by atoms with Crippen LogP contribution >= 0.6 is 0 Å². The smallest absolute Gasteiger partial charge is 0.163 e. The van der Waals surface area contributed by atoms with Crippen molar-refractivity contribution >= 4 is 17.4 Å². The lowest BCUT2D eigenvalue weighted by Gasteiger charge is -2.24. The minimum Gasteiger partial charge on any atom is -0.383 e. The summed E-state index contributed by atoms with van der Waals surface area (Å²) in [6, 6.07) is 0. The molecule has 0 bridgehead atoms. The molecule has 7 heteroatoms. The Labute approximate surface area is 185 Å². The third-order valence-electron chi connectivity index (χ3n) is 6.42. The molecule has 0 amide bonds. The predicted octanol–water partition coefficient (Wildman–Crippen LogP) is 3.33. The second-order valence-corrected chi connectivity index (χ2v) is 9.28. The van der Waals surface area contributed by atoms with Gasteiger partial charge in [-0.1, -0.05) is 38.0 Å². The summed E-state index contributed by atoms with van der Waals surface area (Å²) in [4.78, 5) is 16.9. The number of anilines is 1. The Hall–Kier alpha value is -2.41. The molecule has 1 heterocycles. The molecule has 0 aromatic carbocycles. The average molecular weight is 427 g/mol. The number of hydrogen-bond acceptors (Lipinski definition) is 5. The summed E-state index contributed by atoms with van der Waals surface area (Å²) in [7, 11) is 0. The first-order chi connectivity index (χ1) is 14.8. The van der Waals surface area contributed by atoms with Crippen molar-refractivity contribution in [2.75, 3.05) is 18.8 Å². The number of aromatic nitrogens is 2. The van der Waals surface area contributed by atoms with Gasteiger partial charge in [0.15, 0.2) is 5.78 Å². The lowest BCUT2D eigenvalue weighted by atomic mass is 9.81.